The Morgan fingerprint density at radius 2 is 1.62 bits per heavy atom. The Labute approximate surface area is 194 Å². The van der Waals surface area contributed by atoms with E-state index in [1.807, 2.05) is 0 Å². The Hall–Kier alpha value is -2.14. The molecule has 5 nitrogen and oxygen atoms in total. The predicted octanol–water partition coefficient (Wildman–Crippen LogP) is 5.11. The van der Waals surface area contributed by atoms with Gasteiger partial charge in [0.2, 0.25) is 5.95 Å². The number of benzene rings is 1. The van der Waals surface area contributed by atoms with E-state index in [4.69, 9.17) is 9.97 Å². The predicted molar refractivity (Wildman–Crippen MR) is 135 cm³/mol. The van der Waals surface area contributed by atoms with Gasteiger partial charge in [-0.15, -0.1) is 0 Å². The van der Waals surface area contributed by atoms with Gasteiger partial charge in [0.05, 0.1) is 5.69 Å². The van der Waals surface area contributed by atoms with Crippen molar-refractivity contribution in [3.8, 4) is 0 Å². The molecule has 5 heteroatoms. The van der Waals surface area contributed by atoms with Crippen molar-refractivity contribution in [1.82, 2.24) is 15.3 Å². The lowest BCUT2D eigenvalue weighted by molar-refractivity contribution is 0.323. The van der Waals surface area contributed by atoms with Gasteiger partial charge in [0.1, 0.15) is 5.82 Å². The summed E-state index contributed by atoms with van der Waals surface area (Å²) in [5, 5.41) is 7.42. The number of nitrogens with one attached hydrogen (secondary N) is 2. The minimum atomic E-state index is 0.490. The first-order valence-corrected chi connectivity index (χ1v) is 12.5. The van der Waals surface area contributed by atoms with E-state index in [-0.39, 0.29) is 0 Å². The zero-order valence-corrected chi connectivity index (χ0v) is 20.7. The van der Waals surface area contributed by atoms with Crippen LogP contribution in [0.4, 0.5) is 11.8 Å². The topological polar surface area (TPSA) is 53.1 Å². The summed E-state index contributed by atoms with van der Waals surface area (Å²) >= 11 is 0. The first-order chi connectivity index (χ1) is 15.4. The molecule has 2 aliphatic carbocycles. The lowest BCUT2D eigenvalue weighted by Crippen LogP contribution is -2.32. The van der Waals surface area contributed by atoms with E-state index in [1.165, 1.54) is 72.0 Å². The zero-order chi connectivity index (χ0) is 22.7. The van der Waals surface area contributed by atoms with Crippen molar-refractivity contribution in [3.63, 3.8) is 0 Å². The molecule has 0 aliphatic heterocycles. The molecule has 1 heterocycles. The fourth-order valence-electron chi connectivity index (χ4n) is 5.59. The molecule has 2 aliphatic rings. The first-order valence-electron chi connectivity index (χ1n) is 12.5. The molecule has 0 spiro atoms. The van der Waals surface area contributed by atoms with Gasteiger partial charge in [0, 0.05) is 32.2 Å². The first kappa shape index (κ1) is 23.0. The second-order valence-electron chi connectivity index (χ2n) is 10.3. The van der Waals surface area contributed by atoms with Gasteiger partial charge in [-0.3, -0.25) is 0 Å². The van der Waals surface area contributed by atoms with Crippen LogP contribution in [0.1, 0.15) is 72.0 Å². The summed E-state index contributed by atoms with van der Waals surface area (Å²) < 4.78 is 0. The van der Waals surface area contributed by atoms with Crippen LogP contribution in [0.25, 0.3) is 0 Å². The van der Waals surface area contributed by atoms with Crippen LogP contribution in [0, 0.1) is 26.7 Å². The molecule has 1 fully saturated rings. The molecule has 0 amide bonds. The molecule has 1 aromatic carbocycles. The molecule has 1 aromatic heterocycles. The third-order valence-corrected chi connectivity index (χ3v) is 7.34. The fraction of sp³-hybridized carbons (Fsp3) is 0.630. The maximum atomic E-state index is 4.91. The molecule has 0 atom stereocenters. The van der Waals surface area contributed by atoms with Gasteiger partial charge in [-0.25, -0.2) is 4.98 Å². The van der Waals surface area contributed by atoms with Crippen molar-refractivity contribution >= 4 is 11.8 Å². The number of rotatable bonds is 7. The van der Waals surface area contributed by atoms with Crippen molar-refractivity contribution in [2.75, 3.05) is 30.9 Å². The summed E-state index contributed by atoms with van der Waals surface area (Å²) in [6, 6.07) is 5.08. The van der Waals surface area contributed by atoms with Crippen molar-refractivity contribution in [3.05, 3.63) is 45.6 Å². The minimum Gasteiger partial charge on any atom is -0.362 e. The summed E-state index contributed by atoms with van der Waals surface area (Å²) in [6.45, 7) is 8.74. The van der Waals surface area contributed by atoms with Gasteiger partial charge >= 0.3 is 0 Å². The van der Waals surface area contributed by atoms with Crippen LogP contribution in [0.5, 0.6) is 0 Å². The van der Waals surface area contributed by atoms with Crippen molar-refractivity contribution in [2.24, 2.45) is 5.92 Å². The van der Waals surface area contributed by atoms with Crippen LogP contribution in [0.3, 0.4) is 0 Å². The van der Waals surface area contributed by atoms with E-state index in [9.17, 15) is 0 Å². The van der Waals surface area contributed by atoms with Crippen molar-refractivity contribution in [2.45, 2.75) is 84.7 Å². The van der Waals surface area contributed by atoms with Crippen LogP contribution in [0.2, 0.25) is 0 Å². The number of hydrogen-bond acceptors (Lipinski definition) is 5. The van der Waals surface area contributed by atoms with Gasteiger partial charge in [-0.2, -0.15) is 4.98 Å². The number of aromatic nitrogens is 2. The normalized spacial score (nSPS) is 20.7. The largest absolute Gasteiger partial charge is 0.362 e. The van der Waals surface area contributed by atoms with Crippen LogP contribution >= 0.6 is 0 Å². The summed E-state index contributed by atoms with van der Waals surface area (Å²) in [4.78, 5) is 12.0. The molecular formula is C27H41N5. The molecule has 0 saturated heterocycles. The number of anilines is 2. The van der Waals surface area contributed by atoms with Gasteiger partial charge in [-0.05, 0) is 101 Å². The van der Waals surface area contributed by atoms with Gasteiger partial charge in [0.25, 0.3) is 0 Å². The third kappa shape index (κ3) is 5.43. The molecule has 2 N–H and O–H groups in total. The summed E-state index contributed by atoms with van der Waals surface area (Å²) in [7, 11) is 4.19. The molecule has 174 valence electrons. The van der Waals surface area contributed by atoms with Crippen LogP contribution < -0.4 is 15.5 Å². The van der Waals surface area contributed by atoms with Crippen molar-refractivity contribution in [1.29, 1.82) is 0 Å². The standard InChI is InChI=1S/C27H41N5/c1-18-14-19(2)24(20(3)15-18)17-28-16-21-10-12-22(13-11-21)29-27-30-25-9-7-6-8-23(25)26(31-27)32(4)5/h14-15,21-22,28H,6-13,16-17H2,1-5H3,(H,29,30,31). The Kier molecular flexibility index (Phi) is 7.34. The maximum absolute atomic E-state index is 4.91. The molecule has 32 heavy (non-hydrogen) atoms. The highest BCUT2D eigenvalue weighted by atomic mass is 15.2. The number of fused-ring (bicyclic) bond motifs is 1. The highest BCUT2D eigenvalue weighted by Crippen LogP contribution is 2.30. The van der Waals surface area contributed by atoms with E-state index in [0.717, 1.165) is 43.6 Å². The number of aryl methyl sites for hydroxylation is 4. The maximum Gasteiger partial charge on any atom is 0.225 e. The number of hydrogen-bond donors (Lipinski definition) is 2. The van der Waals surface area contributed by atoms with Crippen molar-refractivity contribution < 1.29 is 0 Å². The lowest BCUT2D eigenvalue weighted by Gasteiger charge is -2.30. The Balaban J connectivity index is 1.28. The minimum absolute atomic E-state index is 0.490. The second kappa shape index (κ2) is 10.2. The van der Waals surface area contributed by atoms with Crippen LogP contribution in [0.15, 0.2) is 12.1 Å². The SMILES string of the molecule is Cc1cc(C)c(CNCC2CCC(Nc3nc4c(c(N(C)C)n3)CCCC4)CC2)c(C)c1. The van der Waals surface area contributed by atoms with E-state index in [1.54, 1.807) is 0 Å². The molecule has 0 bridgehead atoms. The highest BCUT2D eigenvalue weighted by molar-refractivity contribution is 5.53. The third-order valence-electron chi connectivity index (χ3n) is 7.34. The average molecular weight is 436 g/mol. The second-order valence-corrected chi connectivity index (χ2v) is 10.3. The fourth-order valence-corrected chi connectivity index (χ4v) is 5.59. The van der Waals surface area contributed by atoms with E-state index < -0.39 is 0 Å². The Morgan fingerprint density at radius 1 is 0.938 bits per heavy atom. The molecule has 2 aromatic rings. The lowest BCUT2D eigenvalue weighted by atomic mass is 9.86. The van der Waals surface area contributed by atoms with Gasteiger partial charge < -0.3 is 15.5 Å². The summed E-state index contributed by atoms with van der Waals surface area (Å²) in [5.74, 6) is 2.71. The van der Waals surface area contributed by atoms with Gasteiger partial charge in [0.15, 0.2) is 0 Å². The zero-order valence-electron chi connectivity index (χ0n) is 20.7. The quantitative estimate of drug-likeness (QED) is 0.633. The highest BCUT2D eigenvalue weighted by Gasteiger charge is 2.24. The Bertz CT molecular complexity index is 905. The molecular weight excluding hydrogens is 394 g/mol. The monoisotopic (exact) mass is 435 g/mol. The average Bonchev–Trinajstić information content (AvgIpc) is 2.76. The van der Waals surface area contributed by atoms with E-state index >= 15 is 0 Å². The van der Waals surface area contributed by atoms with E-state index in [0.29, 0.717) is 6.04 Å². The molecule has 4 rings (SSSR count). The smallest absolute Gasteiger partial charge is 0.225 e. The number of nitrogens with zero attached hydrogens (tertiary/aromatic N) is 3. The Morgan fingerprint density at radius 3 is 2.31 bits per heavy atom. The van der Waals surface area contributed by atoms with Crippen LogP contribution in [-0.4, -0.2) is 36.6 Å². The molecule has 1 saturated carbocycles. The van der Waals surface area contributed by atoms with E-state index in [2.05, 4.69) is 62.5 Å². The van der Waals surface area contributed by atoms with Gasteiger partial charge in [-0.1, -0.05) is 17.7 Å². The van der Waals surface area contributed by atoms with Crippen LogP contribution in [-0.2, 0) is 19.4 Å². The summed E-state index contributed by atoms with van der Waals surface area (Å²) in [6.07, 6.45) is 9.64. The molecule has 0 radical (unpaired) electrons. The summed E-state index contributed by atoms with van der Waals surface area (Å²) in [5.41, 5.74) is 8.26. The molecule has 0 unspecified atom stereocenters.